The van der Waals surface area contributed by atoms with E-state index in [1.165, 1.54) is 0 Å². The maximum atomic E-state index is 12.9. The van der Waals surface area contributed by atoms with E-state index in [9.17, 15) is 4.79 Å². The maximum Gasteiger partial charge on any atom is 0.256 e. The first kappa shape index (κ1) is 18.0. The Labute approximate surface area is 167 Å². The molecule has 2 aromatic carbocycles. The number of aromatic nitrogens is 2. The Balaban J connectivity index is 2.11. The van der Waals surface area contributed by atoms with Crippen molar-refractivity contribution in [2.75, 3.05) is 7.11 Å². The van der Waals surface area contributed by atoms with Gasteiger partial charge in [-0.25, -0.2) is 0 Å². The molecule has 0 fully saturated rings. The smallest absolute Gasteiger partial charge is 0.256 e. The predicted octanol–water partition coefficient (Wildman–Crippen LogP) is 5.43. The zero-order chi connectivity index (χ0) is 19.5. The zero-order valence-corrected chi connectivity index (χ0v) is 15.9. The molecule has 0 aliphatic carbocycles. The average molecular weight is 389 g/mol. The average Bonchev–Trinajstić information content (AvgIpc) is 2.75. The fraction of sp³-hybridized carbons (Fsp3) is 0.0435. The number of hydrogen-bond acceptors (Lipinski definition) is 3. The highest BCUT2D eigenvalue weighted by molar-refractivity contribution is 6.33. The lowest BCUT2D eigenvalue weighted by Crippen LogP contribution is -2.11. The van der Waals surface area contributed by atoms with Crippen LogP contribution in [0, 0.1) is 0 Å². The maximum absolute atomic E-state index is 12.9. The van der Waals surface area contributed by atoms with E-state index in [0.717, 1.165) is 22.4 Å². The molecule has 0 spiro atoms. The van der Waals surface area contributed by atoms with Crippen LogP contribution < -0.4 is 10.3 Å². The molecule has 0 atom stereocenters. The normalized spacial score (nSPS) is 10.6. The van der Waals surface area contributed by atoms with E-state index >= 15 is 0 Å². The molecule has 0 saturated carbocycles. The van der Waals surface area contributed by atoms with Crippen molar-refractivity contribution < 1.29 is 4.74 Å². The van der Waals surface area contributed by atoms with Gasteiger partial charge in [0, 0.05) is 34.1 Å². The predicted molar refractivity (Wildman–Crippen MR) is 113 cm³/mol. The Morgan fingerprint density at radius 1 is 0.929 bits per heavy atom. The van der Waals surface area contributed by atoms with Crippen LogP contribution in [-0.4, -0.2) is 17.1 Å². The van der Waals surface area contributed by atoms with Gasteiger partial charge in [-0.05, 0) is 35.9 Å². The van der Waals surface area contributed by atoms with Crippen molar-refractivity contribution in [2.24, 2.45) is 0 Å². The molecule has 0 unspecified atom stereocenters. The van der Waals surface area contributed by atoms with Crippen molar-refractivity contribution in [3.8, 4) is 39.3 Å². The molecule has 4 nitrogen and oxygen atoms in total. The number of benzene rings is 2. The second kappa shape index (κ2) is 7.71. The van der Waals surface area contributed by atoms with Crippen molar-refractivity contribution in [2.45, 2.75) is 0 Å². The van der Waals surface area contributed by atoms with Gasteiger partial charge in [-0.1, -0.05) is 48.0 Å². The number of H-pyrrole nitrogens is 1. The van der Waals surface area contributed by atoms with Gasteiger partial charge in [-0.15, -0.1) is 0 Å². The summed E-state index contributed by atoms with van der Waals surface area (Å²) in [5.74, 6) is 0.704. The first-order chi connectivity index (χ1) is 13.7. The van der Waals surface area contributed by atoms with Crippen LogP contribution in [0.3, 0.4) is 0 Å². The van der Waals surface area contributed by atoms with E-state index < -0.39 is 0 Å². The summed E-state index contributed by atoms with van der Waals surface area (Å²) in [5.41, 5.74) is 4.12. The fourth-order valence-corrected chi connectivity index (χ4v) is 3.48. The Kier molecular flexibility index (Phi) is 4.96. The zero-order valence-electron chi connectivity index (χ0n) is 15.1. The Hall–Kier alpha value is -3.37. The number of nitrogens with one attached hydrogen (secondary N) is 1. The van der Waals surface area contributed by atoms with Gasteiger partial charge < -0.3 is 9.72 Å². The molecule has 0 radical (unpaired) electrons. The molecule has 28 heavy (non-hydrogen) atoms. The third-order valence-electron chi connectivity index (χ3n) is 4.54. The molecule has 1 N–H and O–H groups in total. The number of aromatic amines is 1. The quantitative estimate of drug-likeness (QED) is 0.507. The van der Waals surface area contributed by atoms with Crippen molar-refractivity contribution in [3.05, 3.63) is 94.5 Å². The largest absolute Gasteiger partial charge is 0.497 e. The topological polar surface area (TPSA) is 55.0 Å². The van der Waals surface area contributed by atoms with Crippen LogP contribution >= 0.6 is 11.6 Å². The molecule has 0 aliphatic rings. The van der Waals surface area contributed by atoms with Crippen LogP contribution in [0.5, 0.6) is 5.75 Å². The van der Waals surface area contributed by atoms with Crippen molar-refractivity contribution in [1.29, 1.82) is 0 Å². The van der Waals surface area contributed by atoms with Gasteiger partial charge in [-0.3, -0.25) is 9.78 Å². The van der Waals surface area contributed by atoms with Gasteiger partial charge in [0.05, 0.1) is 18.4 Å². The minimum atomic E-state index is -0.217. The van der Waals surface area contributed by atoms with Crippen LogP contribution in [0.25, 0.3) is 33.5 Å². The minimum Gasteiger partial charge on any atom is -0.497 e. The van der Waals surface area contributed by atoms with Crippen LogP contribution in [0.15, 0.2) is 83.9 Å². The molecule has 0 amide bonds. The second-order valence-corrected chi connectivity index (χ2v) is 6.62. The first-order valence-electron chi connectivity index (χ1n) is 8.75. The van der Waals surface area contributed by atoms with Gasteiger partial charge in [0.25, 0.3) is 5.56 Å². The number of ether oxygens (including phenoxy) is 1. The Bertz CT molecular complexity index is 1190. The Morgan fingerprint density at radius 2 is 1.75 bits per heavy atom. The molecule has 2 heterocycles. The molecule has 0 aliphatic heterocycles. The first-order valence-corrected chi connectivity index (χ1v) is 9.13. The van der Waals surface area contributed by atoms with Crippen molar-refractivity contribution in [3.63, 3.8) is 0 Å². The molecule has 4 rings (SSSR count). The highest BCUT2D eigenvalue weighted by Gasteiger charge is 2.20. The summed E-state index contributed by atoms with van der Waals surface area (Å²) < 4.78 is 5.39. The lowest BCUT2D eigenvalue weighted by molar-refractivity contribution is 0.415. The van der Waals surface area contributed by atoms with E-state index in [0.29, 0.717) is 21.9 Å². The van der Waals surface area contributed by atoms with Crippen LogP contribution in [0.4, 0.5) is 0 Å². The standard InChI is InChI=1S/C23H17ClN2O2/c1-28-16-8-6-7-15(13-16)21-18(20-11-4-5-12-25-20)14-26-23(27)22(21)17-9-2-3-10-19(17)24/h2-14H,1H3,(H,26,27). The minimum absolute atomic E-state index is 0.217. The lowest BCUT2D eigenvalue weighted by Gasteiger charge is -2.16. The molecular weight excluding hydrogens is 372 g/mol. The van der Waals surface area contributed by atoms with E-state index in [2.05, 4.69) is 9.97 Å². The molecular formula is C23H17ClN2O2. The van der Waals surface area contributed by atoms with Gasteiger partial charge in [-0.2, -0.15) is 0 Å². The van der Waals surface area contributed by atoms with Crippen LogP contribution in [0.1, 0.15) is 0 Å². The number of halogens is 1. The molecule has 0 bridgehead atoms. The van der Waals surface area contributed by atoms with Gasteiger partial charge in [0.15, 0.2) is 0 Å². The number of pyridine rings is 2. The molecule has 5 heteroatoms. The van der Waals surface area contributed by atoms with Gasteiger partial charge in [0.2, 0.25) is 0 Å². The third-order valence-corrected chi connectivity index (χ3v) is 4.87. The van der Waals surface area contributed by atoms with E-state index in [-0.39, 0.29) is 5.56 Å². The summed E-state index contributed by atoms with van der Waals surface area (Å²) in [6.07, 6.45) is 3.42. The van der Waals surface area contributed by atoms with Crippen molar-refractivity contribution in [1.82, 2.24) is 9.97 Å². The second-order valence-electron chi connectivity index (χ2n) is 6.21. The molecule has 0 saturated heterocycles. The SMILES string of the molecule is COc1cccc(-c2c(-c3ccccn3)c[nH]c(=O)c2-c2ccccc2Cl)c1. The third kappa shape index (κ3) is 3.30. The summed E-state index contributed by atoms with van der Waals surface area (Å²) in [5, 5.41) is 0.510. The number of hydrogen-bond donors (Lipinski definition) is 1. The van der Waals surface area contributed by atoms with Gasteiger partial charge in [0.1, 0.15) is 5.75 Å². The van der Waals surface area contributed by atoms with Crippen LogP contribution in [0.2, 0.25) is 5.02 Å². The molecule has 2 aromatic heterocycles. The monoisotopic (exact) mass is 388 g/mol. The van der Waals surface area contributed by atoms with Crippen molar-refractivity contribution >= 4 is 11.6 Å². The summed E-state index contributed by atoms with van der Waals surface area (Å²) in [6, 6.07) is 20.6. The highest BCUT2D eigenvalue weighted by atomic mass is 35.5. The summed E-state index contributed by atoms with van der Waals surface area (Å²) >= 11 is 6.45. The lowest BCUT2D eigenvalue weighted by atomic mass is 9.91. The molecule has 138 valence electrons. The summed E-state index contributed by atoms with van der Waals surface area (Å²) in [7, 11) is 1.62. The van der Waals surface area contributed by atoms with E-state index in [1.807, 2.05) is 60.7 Å². The van der Waals surface area contributed by atoms with Crippen LogP contribution in [-0.2, 0) is 0 Å². The number of nitrogens with zero attached hydrogens (tertiary/aromatic N) is 1. The van der Waals surface area contributed by atoms with Gasteiger partial charge >= 0.3 is 0 Å². The number of rotatable bonds is 4. The Morgan fingerprint density at radius 3 is 2.50 bits per heavy atom. The van der Waals surface area contributed by atoms with E-state index in [1.54, 1.807) is 25.6 Å². The van der Waals surface area contributed by atoms with E-state index in [4.69, 9.17) is 16.3 Å². The fourth-order valence-electron chi connectivity index (χ4n) is 3.25. The summed E-state index contributed by atoms with van der Waals surface area (Å²) in [4.78, 5) is 20.3. The molecule has 4 aromatic rings. The highest BCUT2D eigenvalue weighted by Crippen LogP contribution is 2.39. The number of methoxy groups -OCH3 is 1. The summed E-state index contributed by atoms with van der Waals surface area (Å²) in [6.45, 7) is 0.